The molecule has 2 atom stereocenters. The van der Waals surface area contributed by atoms with Gasteiger partial charge in [0.2, 0.25) is 0 Å². The molecule has 0 bridgehead atoms. The first-order valence-corrected chi connectivity index (χ1v) is 7.77. The minimum atomic E-state index is -0.151. The second-order valence-corrected chi connectivity index (χ2v) is 6.58. The summed E-state index contributed by atoms with van der Waals surface area (Å²) in [7, 11) is 1.67. The Labute approximate surface area is 130 Å². The summed E-state index contributed by atoms with van der Waals surface area (Å²) in [6.07, 6.45) is 2.13. The van der Waals surface area contributed by atoms with E-state index < -0.39 is 0 Å². The highest BCUT2D eigenvalue weighted by atomic mass is 35.5. The molecule has 1 aliphatic rings. The van der Waals surface area contributed by atoms with E-state index in [1.807, 2.05) is 19.1 Å². The molecule has 0 radical (unpaired) electrons. The first-order valence-electron chi connectivity index (χ1n) is 7.34. The number of alkyl halides is 1. The van der Waals surface area contributed by atoms with Crippen molar-refractivity contribution in [1.29, 1.82) is 0 Å². The van der Waals surface area contributed by atoms with Crippen LogP contribution in [0.3, 0.4) is 0 Å². The lowest BCUT2D eigenvalue weighted by Gasteiger charge is -2.37. The number of ether oxygens (including phenoxy) is 2. The molecule has 4 nitrogen and oxygen atoms in total. The van der Waals surface area contributed by atoms with Crippen LogP contribution in [0.1, 0.15) is 37.9 Å². The molecule has 114 valence electrons. The van der Waals surface area contributed by atoms with E-state index in [1.54, 1.807) is 7.11 Å². The molecule has 0 spiro atoms. The maximum Gasteiger partial charge on any atom is 0.128 e. The Morgan fingerprint density at radius 1 is 1.48 bits per heavy atom. The monoisotopic (exact) mass is 308 g/mol. The molecule has 3 rings (SSSR count). The number of imidazole rings is 1. The van der Waals surface area contributed by atoms with Crippen LogP contribution in [0.5, 0.6) is 5.75 Å². The standard InChI is InChI=1S/C16H21ClN2O2/c1-11(17)15-18-13-9-12(20-3)5-6-14(13)19(15)16(2)7-4-8-21-10-16/h5-6,9,11H,4,7-8,10H2,1-3H3. The van der Waals surface area contributed by atoms with E-state index in [0.29, 0.717) is 6.61 Å². The molecule has 1 aromatic carbocycles. The summed E-state index contributed by atoms with van der Waals surface area (Å²) in [5, 5.41) is -0.151. The van der Waals surface area contributed by atoms with Crippen LogP contribution in [0, 0.1) is 0 Å². The number of rotatable bonds is 3. The van der Waals surface area contributed by atoms with Crippen LogP contribution in [0.2, 0.25) is 0 Å². The van der Waals surface area contributed by atoms with Crippen LogP contribution >= 0.6 is 11.6 Å². The summed E-state index contributed by atoms with van der Waals surface area (Å²) in [4.78, 5) is 4.74. The topological polar surface area (TPSA) is 36.3 Å². The Balaban J connectivity index is 2.20. The SMILES string of the molecule is COc1ccc2c(c1)nc(C(C)Cl)n2C1(C)CCCOC1. The Morgan fingerprint density at radius 3 is 2.90 bits per heavy atom. The van der Waals surface area contributed by atoms with E-state index in [2.05, 4.69) is 17.6 Å². The van der Waals surface area contributed by atoms with Crippen LogP contribution in [-0.4, -0.2) is 29.9 Å². The predicted molar refractivity (Wildman–Crippen MR) is 84.3 cm³/mol. The highest BCUT2D eigenvalue weighted by molar-refractivity contribution is 6.20. The van der Waals surface area contributed by atoms with Gasteiger partial charge < -0.3 is 14.0 Å². The Bertz CT molecular complexity index is 645. The molecule has 2 unspecified atom stereocenters. The zero-order valence-electron chi connectivity index (χ0n) is 12.7. The summed E-state index contributed by atoms with van der Waals surface area (Å²) in [5.74, 6) is 1.71. The molecular weight excluding hydrogens is 288 g/mol. The van der Waals surface area contributed by atoms with Crippen molar-refractivity contribution in [3.8, 4) is 5.75 Å². The fourth-order valence-corrected chi connectivity index (χ4v) is 3.28. The number of benzene rings is 1. The summed E-state index contributed by atoms with van der Waals surface area (Å²) in [6, 6.07) is 5.99. The third-order valence-corrected chi connectivity index (χ3v) is 4.40. The average Bonchev–Trinajstić information content (AvgIpc) is 2.87. The Morgan fingerprint density at radius 2 is 2.29 bits per heavy atom. The van der Waals surface area contributed by atoms with Crippen molar-refractivity contribution >= 4 is 22.6 Å². The van der Waals surface area contributed by atoms with E-state index in [9.17, 15) is 0 Å². The third-order valence-electron chi connectivity index (χ3n) is 4.20. The van der Waals surface area contributed by atoms with Crippen molar-refractivity contribution in [3.63, 3.8) is 0 Å². The van der Waals surface area contributed by atoms with Crippen LogP contribution in [0.4, 0.5) is 0 Å². The molecule has 0 aliphatic carbocycles. The fourth-order valence-electron chi connectivity index (χ4n) is 3.14. The van der Waals surface area contributed by atoms with Gasteiger partial charge in [0.05, 0.1) is 35.7 Å². The number of fused-ring (bicyclic) bond motifs is 1. The van der Waals surface area contributed by atoms with Gasteiger partial charge in [0.1, 0.15) is 11.6 Å². The van der Waals surface area contributed by atoms with E-state index >= 15 is 0 Å². The first-order chi connectivity index (χ1) is 10.0. The lowest BCUT2D eigenvalue weighted by Crippen LogP contribution is -2.40. The van der Waals surface area contributed by atoms with Crippen LogP contribution in [-0.2, 0) is 10.3 Å². The number of halogens is 1. The van der Waals surface area contributed by atoms with Crippen molar-refractivity contribution in [3.05, 3.63) is 24.0 Å². The van der Waals surface area contributed by atoms with E-state index in [1.165, 1.54) is 0 Å². The van der Waals surface area contributed by atoms with Gasteiger partial charge in [0, 0.05) is 12.7 Å². The molecule has 2 heterocycles. The highest BCUT2D eigenvalue weighted by Gasteiger charge is 2.34. The average molecular weight is 309 g/mol. The number of hydrogen-bond acceptors (Lipinski definition) is 3. The largest absolute Gasteiger partial charge is 0.497 e. The van der Waals surface area contributed by atoms with Gasteiger partial charge in [0.25, 0.3) is 0 Å². The van der Waals surface area contributed by atoms with Crippen molar-refractivity contribution in [1.82, 2.24) is 9.55 Å². The first kappa shape index (κ1) is 14.7. The summed E-state index contributed by atoms with van der Waals surface area (Å²) in [6.45, 7) is 5.72. The summed E-state index contributed by atoms with van der Waals surface area (Å²) < 4.78 is 13.3. The van der Waals surface area contributed by atoms with Gasteiger partial charge in [-0.25, -0.2) is 4.98 Å². The maximum atomic E-state index is 6.38. The quantitative estimate of drug-likeness (QED) is 0.808. The molecule has 0 N–H and O–H groups in total. The molecule has 2 aromatic rings. The second-order valence-electron chi connectivity index (χ2n) is 5.93. The lowest BCUT2D eigenvalue weighted by atomic mass is 9.94. The Hall–Kier alpha value is -1.26. The Kier molecular flexibility index (Phi) is 3.84. The molecule has 1 aromatic heterocycles. The van der Waals surface area contributed by atoms with Gasteiger partial charge in [-0.2, -0.15) is 0 Å². The predicted octanol–water partition coefficient (Wildman–Crippen LogP) is 3.87. The van der Waals surface area contributed by atoms with Crippen molar-refractivity contribution in [2.24, 2.45) is 0 Å². The minimum absolute atomic E-state index is 0.0972. The molecule has 21 heavy (non-hydrogen) atoms. The zero-order valence-corrected chi connectivity index (χ0v) is 13.5. The molecule has 0 saturated carbocycles. The van der Waals surface area contributed by atoms with Gasteiger partial charge in [-0.1, -0.05) is 0 Å². The number of hydrogen-bond donors (Lipinski definition) is 0. The summed E-state index contributed by atoms with van der Waals surface area (Å²) in [5.41, 5.74) is 1.91. The fraction of sp³-hybridized carbons (Fsp3) is 0.562. The van der Waals surface area contributed by atoms with Gasteiger partial charge in [-0.05, 0) is 38.8 Å². The zero-order chi connectivity index (χ0) is 15.0. The van der Waals surface area contributed by atoms with Crippen molar-refractivity contribution < 1.29 is 9.47 Å². The van der Waals surface area contributed by atoms with E-state index in [-0.39, 0.29) is 10.9 Å². The van der Waals surface area contributed by atoms with E-state index in [4.69, 9.17) is 26.1 Å². The third kappa shape index (κ3) is 2.51. The molecule has 1 aliphatic heterocycles. The smallest absolute Gasteiger partial charge is 0.128 e. The maximum absolute atomic E-state index is 6.38. The van der Waals surface area contributed by atoms with Crippen LogP contribution in [0.25, 0.3) is 11.0 Å². The molecular formula is C16H21ClN2O2. The van der Waals surface area contributed by atoms with Gasteiger partial charge in [-0.15, -0.1) is 11.6 Å². The second kappa shape index (κ2) is 5.50. The number of aromatic nitrogens is 2. The normalized spacial score (nSPS) is 24.2. The highest BCUT2D eigenvalue weighted by Crippen LogP contribution is 2.36. The van der Waals surface area contributed by atoms with Gasteiger partial charge in [-0.3, -0.25) is 0 Å². The van der Waals surface area contributed by atoms with Crippen LogP contribution in [0.15, 0.2) is 18.2 Å². The lowest BCUT2D eigenvalue weighted by molar-refractivity contribution is 0.0101. The van der Waals surface area contributed by atoms with Crippen molar-refractivity contribution in [2.75, 3.05) is 20.3 Å². The van der Waals surface area contributed by atoms with E-state index in [0.717, 1.165) is 42.1 Å². The van der Waals surface area contributed by atoms with Crippen LogP contribution < -0.4 is 4.74 Å². The molecule has 5 heteroatoms. The number of nitrogens with zero attached hydrogens (tertiary/aromatic N) is 2. The molecule has 1 saturated heterocycles. The molecule has 1 fully saturated rings. The van der Waals surface area contributed by atoms with Gasteiger partial charge >= 0.3 is 0 Å². The van der Waals surface area contributed by atoms with Gasteiger partial charge in [0.15, 0.2) is 0 Å². The van der Waals surface area contributed by atoms with Crippen molar-refractivity contribution in [2.45, 2.75) is 37.6 Å². The summed E-state index contributed by atoms with van der Waals surface area (Å²) >= 11 is 6.38. The number of methoxy groups -OCH3 is 1. The molecule has 0 amide bonds. The minimum Gasteiger partial charge on any atom is -0.497 e.